The molecular weight excluding hydrogens is 380 g/mol. The molecule has 0 aromatic carbocycles. The van der Waals surface area contributed by atoms with E-state index in [9.17, 15) is 18.0 Å². The summed E-state index contributed by atoms with van der Waals surface area (Å²) in [6.07, 6.45) is -4.33. The molecule has 5 nitrogen and oxygen atoms in total. The highest BCUT2D eigenvalue weighted by Gasteiger charge is 2.33. The third-order valence-corrected chi connectivity index (χ3v) is 3.11. The van der Waals surface area contributed by atoms with Crippen molar-refractivity contribution in [2.75, 3.05) is 7.11 Å². The molecule has 0 fully saturated rings. The van der Waals surface area contributed by atoms with Gasteiger partial charge in [-0.3, -0.25) is 4.79 Å². The Morgan fingerprint density at radius 2 is 2.11 bits per heavy atom. The first kappa shape index (κ1) is 16.0. The van der Waals surface area contributed by atoms with E-state index in [2.05, 4.69) is 14.5 Å². The minimum absolute atomic E-state index is 0.0334. The van der Waals surface area contributed by atoms with Crippen molar-refractivity contribution in [2.45, 2.75) is 19.3 Å². The van der Waals surface area contributed by atoms with Crippen molar-refractivity contribution >= 4 is 28.6 Å². The predicted molar refractivity (Wildman–Crippen MR) is 67.2 cm³/mol. The molecular formula is C10H10F3IN2O3. The number of methoxy groups -OCH3 is 1. The SMILES string of the molecule is COC(=O)Cc1c(OC(F)(F)F)cnc(I)c1CN. The van der Waals surface area contributed by atoms with Gasteiger partial charge >= 0.3 is 12.3 Å². The minimum atomic E-state index is -4.87. The number of rotatable bonds is 4. The summed E-state index contributed by atoms with van der Waals surface area (Å²) in [6, 6.07) is 0. The van der Waals surface area contributed by atoms with Crippen LogP contribution >= 0.6 is 22.6 Å². The van der Waals surface area contributed by atoms with E-state index in [-0.39, 0.29) is 18.5 Å². The molecule has 9 heteroatoms. The van der Waals surface area contributed by atoms with Crippen LogP contribution in [0.5, 0.6) is 5.75 Å². The summed E-state index contributed by atoms with van der Waals surface area (Å²) in [5.41, 5.74) is 5.83. The lowest BCUT2D eigenvalue weighted by Gasteiger charge is -2.16. The first-order chi connectivity index (χ1) is 8.78. The smallest absolute Gasteiger partial charge is 0.469 e. The van der Waals surface area contributed by atoms with E-state index in [1.165, 1.54) is 0 Å². The van der Waals surface area contributed by atoms with E-state index >= 15 is 0 Å². The molecule has 0 unspecified atom stereocenters. The molecule has 0 saturated heterocycles. The lowest BCUT2D eigenvalue weighted by atomic mass is 10.1. The highest BCUT2D eigenvalue weighted by atomic mass is 127. The second-order valence-corrected chi connectivity index (χ2v) is 4.40. The molecule has 0 radical (unpaired) electrons. The Morgan fingerprint density at radius 3 is 2.58 bits per heavy atom. The average molecular weight is 390 g/mol. The van der Waals surface area contributed by atoms with Crippen LogP contribution in [-0.4, -0.2) is 24.4 Å². The molecule has 1 rings (SSSR count). The van der Waals surface area contributed by atoms with E-state index in [4.69, 9.17) is 5.73 Å². The standard InChI is InChI=1S/C10H10F3IN2O3/c1-18-8(17)2-5-6(3-15)9(14)16-4-7(5)19-10(11,12)13/h4H,2-3,15H2,1H3. The van der Waals surface area contributed by atoms with E-state index in [1.807, 2.05) is 22.6 Å². The van der Waals surface area contributed by atoms with Gasteiger partial charge < -0.3 is 15.2 Å². The summed E-state index contributed by atoms with van der Waals surface area (Å²) < 4.78 is 45.5. The summed E-state index contributed by atoms with van der Waals surface area (Å²) in [5.74, 6) is -1.23. The van der Waals surface area contributed by atoms with Crippen LogP contribution in [0.3, 0.4) is 0 Å². The van der Waals surface area contributed by atoms with Crippen molar-refractivity contribution in [3.63, 3.8) is 0 Å². The van der Waals surface area contributed by atoms with Crippen LogP contribution in [0.1, 0.15) is 11.1 Å². The highest BCUT2D eigenvalue weighted by Crippen LogP contribution is 2.30. The van der Waals surface area contributed by atoms with Crippen LogP contribution in [0.15, 0.2) is 6.20 Å². The van der Waals surface area contributed by atoms with Crippen LogP contribution in [0.4, 0.5) is 13.2 Å². The highest BCUT2D eigenvalue weighted by molar-refractivity contribution is 14.1. The van der Waals surface area contributed by atoms with Crippen molar-refractivity contribution in [3.8, 4) is 5.75 Å². The van der Waals surface area contributed by atoms with Gasteiger partial charge in [-0.2, -0.15) is 0 Å². The number of hydrogen-bond acceptors (Lipinski definition) is 5. The third-order valence-electron chi connectivity index (χ3n) is 2.18. The summed E-state index contributed by atoms with van der Waals surface area (Å²) in [5, 5.41) is 0. The van der Waals surface area contributed by atoms with Gasteiger partial charge in [0, 0.05) is 17.7 Å². The number of nitrogens with two attached hydrogens (primary N) is 1. The van der Waals surface area contributed by atoms with E-state index in [1.54, 1.807) is 0 Å². The lowest BCUT2D eigenvalue weighted by molar-refractivity contribution is -0.275. The largest absolute Gasteiger partial charge is 0.573 e. The molecule has 0 aliphatic rings. The Morgan fingerprint density at radius 1 is 1.47 bits per heavy atom. The molecule has 106 valence electrons. The second-order valence-electron chi connectivity index (χ2n) is 3.38. The number of alkyl halides is 3. The number of pyridine rings is 1. The van der Waals surface area contributed by atoms with Crippen LogP contribution in [0.25, 0.3) is 0 Å². The fraction of sp³-hybridized carbons (Fsp3) is 0.400. The lowest BCUT2D eigenvalue weighted by Crippen LogP contribution is -2.21. The van der Waals surface area contributed by atoms with Gasteiger partial charge in [0.1, 0.15) is 3.70 Å². The van der Waals surface area contributed by atoms with E-state index < -0.39 is 18.1 Å². The molecule has 1 aromatic rings. The first-order valence-corrected chi connectivity index (χ1v) is 6.05. The van der Waals surface area contributed by atoms with Crippen molar-refractivity contribution in [1.29, 1.82) is 0 Å². The zero-order valence-electron chi connectivity index (χ0n) is 9.75. The first-order valence-electron chi connectivity index (χ1n) is 4.97. The molecule has 0 bridgehead atoms. The van der Waals surface area contributed by atoms with Gasteiger partial charge in [0.05, 0.1) is 19.7 Å². The second kappa shape index (κ2) is 6.37. The Bertz CT molecular complexity index is 480. The molecule has 19 heavy (non-hydrogen) atoms. The summed E-state index contributed by atoms with van der Waals surface area (Å²) >= 11 is 1.82. The number of ether oxygens (including phenoxy) is 2. The van der Waals surface area contributed by atoms with Crippen molar-refractivity contribution < 1.29 is 27.4 Å². The summed E-state index contributed by atoms with van der Waals surface area (Å²) in [4.78, 5) is 15.0. The number of carbonyl (C=O) groups is 1. The maximum Gasteiger partial charge on any atom is 0.573 e. The van der Waals surface area contributed by atoms with Gasteiger partial charge in [-0.15, -0.1) is 13.2 Å². The molecule has 1 aromatic heterocycles. The zero-order valence-corrected chi connectivity index (χ0v) is 11.9. The van der Waals surface area contributed by atoms with Crippen LogP contribution in [0.2, 0.25) is 0 Å². The maximum absolute atomic E-state index is 12.3. The van der Waals surface area contributed by atoms with Gasteiger partial charge in [-0.25, -0.2) is 4.98 Å². The molecule has 0 aliphatic heterocycles. The molecule has 0 spiro atoms. The Hall–Kier alpha value is -1.10. The van der Waals surface area contributed by atoms with Gasteiger partial charge in [0.15, 0.2) is 5.75 Å². The Balaban J connectivity index is 3.25. The molecule has 1 heterocycles. The van der Waals surface area contributed by atoms with Crippen LogP contribution in [0, 0.1) is 3.70 Å². The van der Waals surface area contributed by atoms with Crippen molar-refractivity contribution in [1.82, 2.24) is 4.98 Å². The topological polar surface area (TPSA) is 74.4 Å². The molecule has 0 atom stereocenters. The molecule has 0 amide bonds. The van der Waals surface area contributed by atoms with E-state index in [0.29, 0.717) is 9.26 Å². The molecule has 0 saturated carbocycles. The fourth-order valence-corrected chi connectivity index (χ4v) is 2.06. The number of hydrogen-bond donors (Lipinski definition) is 1. The number of nitrogens with zero attached hydrogens (tertiary/aromatic N) is 1. The predicted octanol–water partition coefficient (Wildman–Crippen LogP) is 1.76. The van der Waals surface area contributed by atoms with Crippen LogP contribution < -0.4 is 10.5 Å². The monoisotopic (exact) mass is 390 g/mol. The average Bonchev–Trinajstić information content (AvgIpc) is 2.31. The third kappa shape index (κ3) is 4.49. The number of aromatic nitrogens is 1. The Kier molecular flexibility index (Phi) is 5.35. The van der Waals surface area contributed by atoms with E-state index in [0.717, 1.165) is 13.3 Å². The number of carbonyl (C=O) groups excluding carboxylic acids is 1. The summed E-state index contributed by atoms with van der Waals surface area (Å²) in [6.45, 7) is -0.0628. The van der Waals surface area contributed by atoms with Gasteiger partial charge in [0.25, 0.3) is 0 Å². The van der Waals surface area contributed by atoms with Crippen molar-refractivity contribution in [3.05, 3.63) is 21.0 Å². The molecule has 2 N–H and O–H groups in total. The zero-order chi connectivity index (χ0) is 14.6. The van der Waals surface area contributed by atoms with Gasteiger partial charge in [0.2, 0.25) is 0 Å². The Labute approximate surface area is 120 Å². The van der Waals surface area contributed by atoms with Crippen molar-refractivity contribution in [2.24, 2.45) is 5.73 Å². The fourth-order valence-electron chi connectivity index (χ4n) is 1.37. The summed E-state index contributed by atoms with van der Waals surface area (Å²) in [7, 11) is 1.14. The normalized spacial score (nSPS) is 11.3. The van der Waals surface area contributed by atoms with Gasteiger partial charge in [-0.1, -0.05) is 0 Å². The quantitative estimate of drug-likeness (QED) is 0.482. The number of halogens is 4. The maximum atomic E-state index is 12.3. The minimum Gasteiger partial charge on any atom is -0.469 e. The van der Waals surface area contributed by atoms with Crippen LogP contribution in [-0.2, 0) is 22.5 Å². The molecule has 0 aliphatic carbocycles. The van der Waals surface area contributed by atoms with Gasteiger partial charge in [-0.05, 0) is 22.6 Å². The number of esters is 1.